The van der Waals surface area contributed by atoms with Crippen LogP contribution >= 0.6 is 0 Å². The van der Waals surface area contributed by atoms with E-state index in [4.69, 9.17) is 4.74 Å². The fourth-order valence-electron chi connectivity index (χ4n) is 2.57. The van der Waals surface area contributed by atoms with Crippen LogP contribution in [0.4, 0.5) is 5.69 Å². The second-order valence-electron chi connectivity index (χ2n) is 5.25. The van der Waals surface area contributed by atoms with Gasteiger partial charge in [0.05, 0.1) is 6.61 Å². The summed E-state index contributed by atoms with van der Waals surface area (Å²) in [6, 6.07) is 8.50. The Bertz CT molecular complexity index is 381. The first-order chi connectivity index (χ1) is 9.33. The van der Waals surface area contributed by atoms with Crippen LogP contribution in [0.1, 0.15) is 26.7 Å². The van der Waals surface area contributed by atoms with E-state index >= 15 is 0 Å². The number of anilines is 1. The van der Waals surface area contributed by atoms with Gasteiger partial charge in [0.1, 0.15) is 5.75 Å². The molecule has 1 N–H and O–H groups in total. The van der Waals surface area contributed by atoms with Gasteiger partial charge in [0.2, 0.25) is 0 Å². The summed E-state index contributed by atoms with van der Waals surface area (Å²) >= 11 is 0. The predicted molar refractivity (Wildman–Crippen MR) is 81.1 cm³/mol. The van der Waals surface area contributed by atoms with Crippen molar-refractivity contribution in [3.8, 4) is 5.75 Å². The summed E-state index contributed by atoms with van der Waals surface area (Å²) in [6.07, 6.45) is 2.34. The minimum Gasteiger partial charge on any atom is -0.494 e. The smallest absolute Gasteiger partial charge is 0.121 e. The minimum atomic E-state index is 0.778. The maximum absolute atomic E-state index is 5.71. The lowest BCUT2D eigenvalue weighted by molar-refractivity contribution is 0.317. The molecule has 1 aliphatic rings. The van der Waals surface area contributed by atoms with Crippen LogP contribution in [-0.2, 0) is 0 Å². The maximum atomic E-state index is 5.71. The van der Waals surface area contributed by atoms with Crippen molar-refractivity contribution in [2.45, 2.75) is 26.7 Å². The lowest BCUT2D eigenvalue weighted by atomic mass is 10.1. The lowest BCUT2D eigenvalue weighted by Gasteiger charge is -2.19. The van der Waals surface area contributed by atoms with Gasteiger partial charge in [-0.2, -0.15) is 0 Å². The number of benzene rings is 1. The number of hydrogen-bond donors (Lipinski definition) is 1. The highest BCUT2D eigenvalue weighted by atomic mass is 16.5. The Kier molecular flexibility index (Phi) is 5.52. The van der Waals surface area contributed by atoms with E-state index in [0.29, 0.717) is 0 Å². The molecule has 2 rings (SSSR count). The van der Waals surface area contributed by atoms with Crippen LogP contribution in [0, 0.1) is 5.92 Å². The van der Waals surface area contributed by atoms with Crippen molar-refractivity contribution >= 4 is 5.69 Å². The van der Waals surface area contributed by atoms with Crippen LogP contribution in [0.2, 0.25) is 0 Å². The molecule has 0 amide bonds. The molecule has 0 saturated carbocycles. The van der Waals surface area contributed by atoms with Crippen molar-refractivity contribution in [3.05, 3.63) is 24.3 Å². The molecule has 1 saturated heterocycles. The molecule has 0 bridgehead atoms. The number of hydrogen-bond acceptors (Lipinski definition) is 3. The van der Waals surface area contributed by atoms with Crippen LogP contribution in [0.15, 0.2) is 24.3 Å². The van der Waals surface area contributed by atoms with Crippen LogP contribution in [0.25, 0.3) is 0 Å². The summed E-state index contributed by atoms with van der Waals surface area (Å²) in [5.41, 5.74) is 1.30. The quantitative estimate of drug-likeness (QED) is 0.817. The molecule has 1 fully saturated rings. The lowest BCUT2D eigenvalue weighted by Crippen LogP contribution is -2.26. The van der Waals surface area contributed by atoms with Gasteiger partial charge in [-0.1, -0.05) is 19.9 Å². The Morgan fingerprint density at radius 3 is 3.05 bits per heavy atom. The molecule has 3 heteroatoms. The second-order valence-corrected chi connectivity index (χ2v) is 5.25. The third-order valence-electron chi connectivity index (χ3n) is 3.62. The van der Waals surface area contributed by atoms with Gasteiger partial charge in [-0.3, -0.25) is 0 Å². The first kappa shape index (κ1) is 14.2. The van der Waals surface area contributed by atoms with Gasteiger partial charge < -0.3 is 15.0 Å². The molecule has 1 atom stereocenters. The molecular weight excluding hydrogens is 236 g/mol. The Morgan fingerprint density at radius 1 is 1.37 bits per heavy atom. The highest BCUT2D eigenvalue weighted by molar-refractivity contribution is 5.51. The Labute approximate surface area is 116 Å². The number of nitrogens with zero attached hydrogens (tertiary/aromatic N) is 1. The van der Waals surface area contributed by atoms with E-state index < -0.39 is 0 Å². The van der Waals surface area contributed by atoms with Crippen LogP contribution in [0.5, 0.6) is 5.75 Å². The number of ether oxygens (including phenoxy) is 1. The maximum Gasteiger partial charge on any atom is 0.121 e. The average Bonchev–Trinajstić information content (AvgIpc) is 2.92. The van der Waals surface area contributed by atoms with E-state index in [1.54, 1.807) is 0 Å². The monoisotopic (exact) mass is 262 g/mol. The molecule has 19 heavy (non-hydrogen) atoms. The third kappa shape index (κ3) is 4.13. The van der Waals surface area contributed by atoms with E-state index in [1.807, 2.05) is 6.07 Å². The fourth-order valence-corrected chi connectivity index (χ4v) is 2.57. The summed E-state index contributed by atoms with van der Waals surface area (Å²) in [5.74, 6) is 1.77. The zero-order chi connectivity index (χ0) is 13.5. The molecule has 1 heterocycles. The van der Waals surface area contributed by atoms with Crippen molar-refractivity contribution in [3.63, 3.8) is 0 Å². The molecule has 1 aliphatic heterocycles. The first-order valence-electron chi connectivity index (χ1n) is 7.52. The molecule has 0 radical (unpaired) electrons. The van der Waals surface area contributed by atoms with E-state index in [2.05, 4.69) is 42.3 Å². The number of rotatable bonds is 7. The molecule has 3 nitrogen and oxygen atoms in total. The van der Waals surface area contributed by atoms with Gasteiger partial charge in [0.25, 0.3) is 0 Å². The Balaban J connectivity index is 1.91. The van der Waals surface area contributed by atoms with Gasteiger partial charge >= 0.3 is 0 Å². The van der Waals surface area contributed by atoms with E-state index in [1.165, 1.54) is 12.1 Å². The van der Waals surface area contributed by atoms with Crippen molar-refractivity contribution in [1.29, 1.82) is 0 Å². The summed E-state index contributed by atoms with van der Waals surface area (Å²) in [7, 11) is 0. The SMILES string of the molecule is CCCOc1cccc(N2CCC(CNCC)C2)c1. The zero-order valence-electron chi connectivity index (χ0n) is 12.2. The van der Waals surface area contributed by atoms with Crippen LogP contribution in [-0.4, -0.2) is 32.8 Å². The normalized spacial score (nSPS) is 18.8. The summed E-state index contributed by atoms with van der Waals surface area (Å²) in [5, 5.41) is 3.45. The van der Waals surface area contributed by atoms with Gasteiger partial charge in [0, 0.05) is 24.8 Å². The fraction of sp³-hybridized carbons (Fsp3) is 0.625. The topological polar surface area (TPSA) is 24.5 Å². The van der Waals surface area contributed by atoms with Gasteiger partial charge in [-0.15, -0.1) is 0 Å². The molecule has 1 unspecified atom stereocenters. The zero-order valence-corrected chi connectivity index (χ0v) is 12.2. The molecular formula is C16H26N2O. The van der Waals surface area contributed by atoms with Gasteiger partial charge in [0.15, 0.2) is 0 Å². The molecule has 0 aromatic heterocycles. The van der Waals surface area contributed by atoms with Crippen molar-refractivity contribution < 1.29 is 4.74 Å². The average molecular weight is 262 g/mol. The predicted octanol–water partition coefficient (Wildman–Crippen LogP) is 2.91. The van der Waals surface area contributed by atoms with Gasteiger partial charge in [-0.05, 0) is 44.0 Å². The Morgan fingerprint density at radius 2 is 2.26 bits per heavy atom. The first-order valence-corrected chi connectivity index (χ1v) is 7.52. The van der Waals surface area contributed by atoms with Crippen molar-refractivity contribution in [2.24, 2.45) is 5.92 Å². The van der Waals surface area contributed by atoms with Crippen LogP contribution in [0.3, 0.4) is 0 Å². The minimum absolute atomic E-state index is 0.778. The largest absolute Gasteiger partial charge is 0.494 e. The second kappa shape index (κ2) is 7.39. The Hall–Kier alpha value is -1.22. The molecule has 0 aliphatic carbocycles. The highest BCUT2D eigenvalue weighted by Crippen LogP contribution is 2.26. The molecule has 106 valence electrons. The molecule has 1 aromatic rings. The molecule has 0 spiro atoms. The van der Waals surface area contributed by atoms with Crippen molar-refractivity contribution in [1.82, 2.24) is 5.32 Å². The summed E-state index contributed by atoms with van der Waals surface area (Å²) in [4.78, 5) is 2.47. The third-order valence-corrected chi connectivity index (χ3v) is 3.62. The number of nitrogens with one attached hydrogen (secondary N) is 1. The standard InChI is InChI=1S/C16H26N2O/c1-3-10-19-16-7-5-6-15(11-16)18-9-8-14(13-18)12-17-4-2/h5-7,11,14,17H,3-4,8-10,12-13H2,1-2H3. The van der Waals surface area contributed by atoms with Gasteiger partial charge in [-0.25, -0.2) is 0 Å². The highest BCUT2D eigenvalue weighted by Gasteiger charge is 2.22. The molecule has 1 aromatic carbocycles. The summed E-state index contributed by atoms with van der Waals surface area (Å²) in [6.45, 7) is 9.62. The van der Waals surface area contributed by atoms with E-state index in [9.17, 15) is 0 Å². The summed E-state index contributed by atoms with van der Waals surface area (Å²) < 4.78 is 5.71. The van der Waals surface area contributed by atoms with E-state index in [-0.39, 0.29) is 0 Å². The van der Waals surface area contributed by atoms with Crippen LogP contribution < -0.4 is 15.0 Å². The van der Waals surface area contributed by atoms with Crippen molar-refractivity contribution in [2.75, 3.05) is 37.7 Å². The van der Waals surface area contributed by atoms with E-state index in [0.717, 1.165) is 50.9 Å².